The van der Waals surface area contributed by atoms with Crippen LogP contribution in [-0.4, -0.2) is 47.8 Å². The molecule has 0 saturated carbocycles. The van der Waals surface area contributed by atoms with E-state index in [1.54, 1.807) is 6.07 Å². The summed E-state index contributed by atoms with van der Waals surface area (Å²) in [4.78, 5) is 29.8. The van der Waals surface area contributed by atoms with E-state index in [2.05, 4.69) is 27.7 Å². The zero-order chi connectivity index (χ0) is 18.8. The van der Waals surface area contributed by atoms with Crippen molar-refractivity contribution >= 4 is 11.8 Å². The summed E-state index contributed by atoms with van der Waals surface area (Å²) in [5.74, 6) is 2.23. The minimum Gasteiger partial charge on any atom is -0.338 e. The second-order valence-corrected chi connectivity index (χ2v) is 8.89. The van der Waals surface area contributed by atoms with E-state index in [0.29, 0.717) is 34.8 Å². The summed E-state index contributed by atoms with van der Waals surface area (Å²) in [6, 6.07) is 7.31. The number of likely N-dealkylation sites (tertiary alicyclic amines) is 2. The quantitative estimate of drug-likeness (QED) is 0.806. The molecule has 2 fully saturated rings. The average molecular weight is 357 g/mol. The molecule has 4 nitrogen and oxygen atoms in total. The van der Waals surface area contributed by atoms with E-state index in [-0.39, 0.29) is 11.8 Å². The third-order valence-electron chi connectivity index (χ3n) is 5.67. The van der Waals surface area contributed by atoms with Crippen molar-refractivity contribution in [3.8, 4) is 0 Å². The molecule has 1 aromatic carbocycles. The van der Waals surface area contributed by atoms with Gasteiger partial charge in [-0.3, -0.25) is 9.59 Å². The molecule has 0 aromatic heterocycles. The van der Waals surface area contributed by atoms with Crippen molar-refractivity contribution in [2.75, 3.05) is 26.2 Å². The molecule has 0 bridgehead atoms. The fraction of sp³-hybridized carbons (Fsp3) is 0.636. The van der Waals surface area contributed by atoms with E-state index in [9.17, 15) is 9.59 Å². The maximum atomic E-state index is 12.9. The molecule has 1 aromatic rings. The van der Waals surface area contributed by atoms with Crippen molar-refractivity contribution in [2.45, 2.75) is 40.5 Å². The van der Waals surface area contributed by atoms with Gasteiger partial charge in [-0.15, -0.1) is 0 Å². The lowest BCUT2D eigenvalue weighted by Gasteiger charge is -2.35. The van der Waals surface area contributed by atoms with E-state index in [1.165, 1.54) is 12.8 Å². The van der Waals surface area contributed by atoms with Crippen LogP contribution in [0.5, 0.6) is 0 Å². The molecule has 142 valence electrons. The molecule has 2 aliphatic rings. The van der Waals surface area contributed by atoms with Gasteiger partial charge in [0, 0.05) is 37.3 Å². The Hall–Kier alpha value is -1.84. The maximum Gasteiger partial charge on any atom is 0.253 e. The van der Waals surface area contributed by atoms with Crippen LogP contribution in [0, 0.1) is 23.7 Å². The first-order valence-corrected chi connectivity index (χ1v) is 10.0. The lowest BCUT2D eigenvalue weighted by atomic mass is 9.91. The van der Waals surface area contributed by atoms with Crippen LogP contribution >= 0.6 is 0 Å². The molecule has 0 radical (unpaired) electrons. The molecule has 0 spiro atoms. The zero-order valence-corrected chi connectivity index (χ0v) is 16.6. The molecule has 2 saturated heterocycles. The number of benzene rings is 1. The van der Waals surface area contributed by atoms with Crippen LogP contribution in [0.2, 0.25) is 0 Å². The van der Waals surface area contributed by atoms with Crippen molar-refractivity contribution in [3.05, 3.63) is 35.4 Å². The molecule has 2 heterocycles. The summed E-state index contributed by atoms with van der Waals surface area (Å²) in [6.45, 7) is 12.0. The van der Waals surface area contributed by atoms with E-state index in [0.717, 1.165) is 26.2 Å². The molecule has 0 N–H and O–H groups in total. The topological polar surface area (TPSA) is 40.6 Å². The number of amides is 2. The first-order chi connectivity index (χ1) is 12.3. The van der Waals surface area contributed by atoms with Crippen LogP contribution < -0.4 is 0 Å². The summed E-state index contributed by atoms with van der Waals surface area (Å²) in [5, 5.41) is 0. The summed E-state index contributed by atoms with van der Waals surface area (Å²) < 4.78 is 0. The van der Waals surface area contributed by atoms with E-state index >= 15 is 0 Å². The smallest absolute Gasteiger partial charge is 0.253 e. The Labute approximate surface area is 157 Å². The highest BCUT2D eigenvalue weighted by atomic mass is 16.2. The van der Waals surface area contributed by atoms with Crippen LogP contribution in [0.15, 0.2) is 24.3 Å². The van der Waals surface area contributed by atoms with Crippen LogP contribution in [0.1, 0.15) is 61.3 Å². The number of rotatable bonds is 2. The van der Waals surface area contributed by atoms with Crippen LogP contribution in [0.4, 0.5) is 0 Å². The molecule has 4 atom stereocenters. The van der Waals surface area contributed by atoms with Gasteiger partial charge in [-0.05, 0) is 54.7 Å². The van der Waals surface area contributed by atoms with Crippen molar-refractivity contribution < 1.29 is 9.59 Å². The summed E-state index contributed by atoms with van der Waals surface area (Å²) >= 11 is 0. The maximum absolute atomic E-state index is 12.9. The minimum atomic E-state index is 0.0541. The first-order valence-electron chi connectivity index (χ1n) is 10.0. The first kappa shape index (κ1) is 18.9. The van der Waals surface area contributed by atoms with Gasteiger partial charge in [-0.1, -0.05) is 33.8 Å². The van der Waals surface area contributed by atoms with Gasteiger partial charge in [-0.25, -0.2) is 0 Å². The fourth-order valence-corrected chi connectivity index (χ4v) is 4.81. The predicted octanol–water partition coefficient (Wildman–Crippen LogP) is 3.92. The lowest BCUT2D eigenvalue weighted by molar-refractivity contribution is 0.0619. The minimum absolute atomic E-state index is 0.0541. The van der Waals surface area contributed by atoms with Gasteiger partial charge < -0.3 is 9.80 Å². The molecule has 2 aliphatic heterocycles. The molecule has 26 heavy (non-hydrogen) atoms. The third kappa shape index (κ3) is 4.28. The largest absolute Gasteiger partial charge is 0.338 e. The Morgan fingerprint density at radius 1 is 0.731 bits per heavy atom. The highest BCUT2D eigenvalue weighted by Crippen LogP contribution is 2.24. The van der Waals surface area contributed by atoms with E-state index in [1.807, 2.05) is 28.0 Å². The number of piperidine rings is 2. The van der Waals surface area contributed by atoms with Crippen molar-refractivity contribution in [2.24, 2.45) is 23.7 Å². The Morgan fingerprint density at radius 2 is 1.08 bits per heavy atom. The Bertz CT molecular complexity index is 599. The molecule has 3 rings (SSSR count). The summed E-state index contributed by atoms with van der Waals surface area (Å²) in [7, 11) is 0. The van der Waals surface area contributed by atoms with Gasteiger partial charge in [0.15, 0.2) is 0 Å². The van der Waals surface area contributed by atoms with Crippen LogP contribution in [0.3, 0.4) is 0 Å². The molecule has 0 aliphatic carbocycles. The van der Waals surface area contributed by atoms with Crippen molar-refractivity contribution in [1.29, 1.82) is 0 Å². The van der Waals surface area contributed by atoms with Crippen LogP contribution in [0.25, 0.3) is 0 Å². The van der Waals surface area contributed by atoms with Gasteiger partial charge in [0.1, 0.15) is 0 Å². The average Bonchev–Trinajstić information content (AvgIpc) is 2.59. The number of carbonyl (C=O) groups is 2. The second kappa shape index (κ2) is 7.81. The van der Waals surface area contributed by atoms with E-state index < -0.39 is 0 Å². The number of hydrogen-bond donors (Lipinski definition) is 0. The standard InChI is InChI=1S/C22H32N2O2/c1-15-8-16(2)12-23(11-15)21(25)19-6-5-7-20(10-19)22(26)24-13-17(3)9-18(4)14-24/h5-7,10,15-18H,8-9,11-14H2,1-4H3/t15-,16-,17-,18+/m1/s1. The van der Waals surface area contributed by atoms with Gasteiger partial charge in [-0.2, -0.15) is 0 Å². The molecular formula is C22H32N2O2. The fourth-order valence-electron chi connectivity index (χ4n) is 4.81. The van der Waals surface area contributed by atoms with Gasteiger partial charge in [0.05, 0.1) is 0 Å². The molecule has 0 unspecified atom stereocenters. The third-order valence-corrected chi connectivity index (χ3v) is 5.67. The van der Waals surface area contributed by atoms with Crippen LogP contribution in [-0.2, 0) is 0 Å². The van der Waals surface area contributed by atoms with Crippen molar-refractivity contribution in [1.82, 2.24) is 9.80 Å². The lowest BCUT2D eigenvalue weighted by Crippen LogP contribution is -2.43. The normalized spacial score (nSPS) is 29.5. The number of carbonyl (C=O) groups excluding carboxylic acids is 2. The Kier molecular flexibility index (Phi) is 5.69. The summed E-state index contributed by atoms with van der Waals surface area (Å²) in [6.07, 6.45) is 2.35. The zero-order valence-electron chi connectivity index (χ0n) is 16.6. The SMILES string of the molecule is C[C@@H]1C[C@@H](C)CN(C(=O)c2cccc(C(=O)N3C[C@H](C)C[C@H](C)C3)c2)C1. The van der Waals surface area contributed by atoms with Gasteiger partial charge in [0.25, 0.3) is 11.8 Å². The van der Waals surface area contributed by atoms with Gasteiger partial charge >= 0.3 is 0 Å². The number of hydrogen-bond acceptors (Lipinski definition) is 2. The Morgan fingerprint density at radius 3 is 1.42 bits per heavy atom. The molecule has 2 amide bonds. The molecule has 4 heteroatoms. The molecular weight excluding hydrogens is 324 g/mol. The monoisotopic (exact) mass is 356 g/mol. The van der Waals surface area contributed by atoms with E-state index in [4.69, 9.17) is 0 Å². The summed E-state index contributed by atoms with van der Waals surface area (Å²) in [5.41, 5.74) is 1.27. The van der Waals surface area contributed by atoms with Gasteiger partial charge in [0.2, 0.25) is 0 Å². The van der Waals surface area contributed by atoms with Crippen molar-refractivity contribution in [3.63, 3.8) is 0 Å². The number of nitrogens with zero attached hydrogens (tertiary/aromatic N) is 2. The predicted molar refractivity (Wildman–Crippen MR) is 104 cm³/mol. The second-order valence-electron chi connectivity index (χ2n) is 8.89. The highest BCUT2D eigenvalue weighted by Gasteiger charge is 2.28. The highest BCUT2D eigenvalue weighted by molar-refractivity contribution is 5.99. The Balaban J connectivity index is 1.75.